The van der Waals surface area contributed by atoms with Crippen molar-refractivity contribution in [2.75, 3.05) is 39.3 Å². The number of thiophene rings is 1. The molecule has 1 saturated carbocycles. The van der Waals surface area contributed by atoms with Crippen LogP contribution in [0.1, 0.15) is 29.7 Å². The molecule has 0 atom stereocenters. The summed E-state index contributed by atoms with van der Waals surface area (Å²) in [5, 5.41) is 1.42. The molecule has 5 heteroatoms. The zero-order valence-corrected chi connectivity index (χ0v) is 16.1. The van der Waals surface area contributed by atoms with Crippen molar-refractivity contribution in [2.24, 2.45) is 0 Å². The molecule has 138 valence electrons. The number of carbonyl (C=O) groups excluding carboxylic acids is 1. The lowest BCUT2D eigenvalue weighted by Crippen LogP contribution is -2.55. The summed E-state index contributed by atoms with van der Waals surface area (Å²) in [7, 11) is 0. The fourth-order valence-corrected chi connectivity index (χ4v) is 5.91. The number of nitrogens with zero attached hydrogens (tertiary/aromatic N) is 3. The van der Waals surface area contributed by atoms with E-state index in [1.807, 2.05) is 11.3 Å². The molecule has 2 fully saturated rings. The average Bonchev–Trinajstić information content (AvgIpc) is 2.98. The highest BCUT2D eigenvalue weighted by atomic mass is 32.1. The third kappa shape index (κ3) is 3.06. The lowest BCUT2D eigenvalue weighted by Gasteiger charge is -2.43. The summed E-state index contributed by atoms with van der Waals surface area (Å²) in [5.41, 5.74) is 1.52. The van der Waals surface area contributed by atoms with Gasteiger partial charge < -0.3 is 4.90 Å². The van der Waals surface area contributed by atoms with E-state index in [9.17, 15) is 4.79 Å². The number of rotatable bonds is 3. The molecule has 1 amide bonds. The molecule has 1 saturated heterocycles. The minimum Gasteiger partial charge on any atom is -0.339 e. The summed E-state index contributed by atoms with van der Waals surface area (Å²) in [6, 6.07) is 9.52. The van der Waals surface area contributed by atoms with E-state index in [1.165, 1.54) is 39.8 Å². The lowest BCUT2D eigenvalue weighted by atomic mass is 9.91. The van der Waals surface area contributed by atoms with Crippen molar-refractivity contribution < 1.29 is 4.79 Å². The molecule has 1 aromatic heterocycles. The molecular formula is C21H27N3OS. The second kappa shape index (κ2) is 6.95. The van der Waals surface area contributed by atoms with Gasteiger partial charge in [-0.2, -0.15) is 0 Å². The Morgan fingerprint density at radius 1 is 1.08 bits per heavy atom. The van der Waals surface area contributed by atoms with Crippen LogP contribution in [-0.4, -0.2) is 65.9 Å². The molecule has 2 aromatic rings. The van der Waals surface area contributed by atoms with Crippen LogP contribution < -0.4 is 0 Å². The Labute approximate surface area is 159 Å². The average molecular weight is 370 g/mol. The van der Waals surface area contributed by atoms with Crippen molar-refractivity contribution in [3.8, 4) is 0 Å². The Morgan fingerprint density at radius 3 is 2.65 bits per heavy atom. The van der Waals surface area contributed by atoms with E-state index < -0.39 is 0 Å². The highest BCUT2D eigenvalue weighted by Crippen LogP contribution is 2.35. The van der Waals surface area contributed by atoms with Gasteiger partial charge in [0.15, 0.2) is 0 Å². The van der Waals surface area contributed by atoms with Crippen molar-refractivity contribution in [1.82, 2.24) is 14.7 Å². The van der Waals surface area contributed by atoms with Crippen molar-refractivity contribution in [1.29, 1.82) is 0 Å². The maximum atomic E-state index is 12.8. The predicted octanol–water partition coefficient (Wildman–Crippen LogP) is 2.96. The van der Waals surface area contributed by atoms with Crippen LogP contribution in [0.2, 0.25) is 0 Å². The topological polar surface area (TPSA) is 26.8 Å². The van der Waals surface area contributed by atoms with E-state index in [0.717, 1.165) is 51.7 Å². The highest BCUT2D eigenvalue weighted by molar-refractivity contribution is 7.19. The fraction of sp³-hybridized carbons (Fsp3) is 0.571. The minimum atomic E-state index is 0.322. The van der Waals surface area contributed by atoms with E-state index in [4.69, 9.17) is 0 Å². The summed E-state index contributed by atoms with van der Waals surface area (Å²) >= 11 is 1.91. The van der Waals surface area contributed by atoms with Crippen LogP contribution in [0.3, 0.4) is 0 Å². The van der Waals surface area contributed by atoms with Crippen molar-refractivity contribution >= 4 is 27.3 Å². The summed E-state index contributed by atoms with van der Waals surface area (Å²) in [4.78, 5) is 21.3. The number of hydrogen-bond acceptors (Lipinski definition) is 4. The third-order valence-corrected chi connectivity index (χ3v) is 7.64. The first kappa shape index (κ1) is 16.7. The maximum absolute atomic E-state index is 12.8. The zero-order valence-electron chi connectivity index (χ0n) is 15.3. The summed E-state index contributed by atoms with van der Waals surface area (Å²) in [5.74, 6) is 0.322. The molecule has 0 spiro atoms. The quantitative estimate of drug-likeness (QED) is 0.832. The SMILES string of the molecule is O=C(CN1CCc2c(sc3ccccc23)C1)N1CCN(C2CCC2)CC1. The van der Waals surface area contributed by atoms with E-state index in [-0.39, 0.29) is 0 Å². The number of piperazine rings is 1. The standard InChI is InChI=1S/C21H27N3OS/c25-21(24-12-10-23(11-13-24)16-4-3-5-16)15-22-9-8-18-17-6-1-2-7-19(17)26-20(18)14-22/h1-2,6-7,16H,3-5,8-15H2. The zero-order chi connectivity index (χ0) is 17.5. The van der Waals surface area contributed by atoms with Crippen LogP contribution in [0, 0.1) is 0 Å². The first-order valence-electron chi connectivity index (χ1n) is 10.0. The van der Waals surface area contributed by atoms with Gasteiger partial charge in [-0.3, -0.25) is 14.6 Å². The van der Waals surface area contributed by atoms with Gasteiger partial charge in [-0.1, -0.05) is 24.6 Å². The van der Waals surface area contributed by atoms with Gasteiger partial charge in [-0.15, -0.1) is 11.3 Å². The van der Waals surface area contributed by atoms with Gasteiger partial charge in [0.25, 0.3) is 0 Å². The molecule has 0 unspecified atom stereocenters. The Bertz CT molecular complexity index is 805. The number of hydrogen-bond donors (Lipinski definition) is 0. The summed E-state index contributed by atoms with van der Waals surface area (Å²) in [6.07, 6.45) is 5.18. The van der Waals surface area contributed by atoms with Crippen LogP contribution in [0.5, 0.6) is 0 Å². The lowest BCUT2D eigenvalue weighted by molar-refractivity contribution is -0.135. The monoisotopic (exact) mass is 369 g/mol. The van der Waals surface area contributed by atoms with Gasteiger partial charge in [-0.25, -0.2) is 0 Å². The van der Waals surface area contributed by atoms with Crippen LogP contribution >= 0.6 is 11.3 Å². The van der Waals surface area contributed by atoms with Crippen LogP contribution in [0.4, 0.5) is 0 Å². The number of amides is 1. The van der Waals surface area contributed by atoms with E-state index in [2.05, 4.69) is 39.0 Å². The van der Waals surface area contributed by atoms with E-state index in [1.54, 1.807) is 0 Å². The van der Waals surface area contributed by atoms with E-state index >= 15 is 0 Å². The Hall–Kier alpha value is -1.43. The van der Waals surface area contributed by atoms with Gasteiger partial charge >= 0.3 is 0 Å². The molecular weight excluding hydrogens is 342 g/mol. The smallest absolute Gasteiger partial charge is 0.236 e. The second-order valence-electron chi connectivity index (χ2n) is 7.96. The molecule has 1 aliphatic carbocycles. The minimum absolute atomic E-state index is 0.322. The summed E-state index contributed by atoms with van der Waals surface area (Å²) < 4.78 is 1.39. The first-order valence-corrected chi connectivity index (χ1v) is 10.8. The third-order valence-electron chi connectivity index (χ3n) is 6.44. The van der Waals surface area contributed by atoms with Crippen LogP contribution in [0.25, 0.3) is 10.1 Å². The molecule has 1 aromatic carbocycles. The molecule has 4 nitrogen and oxygen atoms in total. The van der Waals surface area contributed by atoms with Gasteiger partial charge in [0, 0.05) is 54.9 Å². The number of fused-ring (bicyclic) bond motifs is 3. The fourth-order valence-electron chi connectivity index (χ4n) is 4.62. The second-order valence-corrected chi connectivity index (χ2v) is 9.10. The first-order chi connectivity index (χ1) is 12.8. The van der Waals surface area contributed by atoms with Crippen LogP contribution in [0.15, 0.2) is 24.3 Å². The van der Waals surface area contributed by atoms with Gasteiger partial charge in [0.2, 0.25) is 5.91 Å². The normalized spacial score (nSPS) is 22.4. The Morgan fingerprint density at radius 2 is 1.88 bits per heavy atom. The number of carbonyl (C=O) groups is 1. The molecule has 5 rings (SSSR count). The van der Waals surface area contributed by atoms with Crippen molar-refractivity contribution in [3.63, 3.8) is 0 Å². The summed E-state index contributed by atoms with van der Waals surface area (Å²) in [6.45, 7) is 6.48. The van der Waals surface area contributed by atoms with Crippen molar-refractivity contribution in [2.45, 2.75) is 38.3 Å². The molecule has 3 heterocycles. The molecule has 0 radical (unpaired) electrons. The Balaban J connectivity index is 1.19. The molecule has 0 N–H and O–H groups in total. The van der Waals surface area contributed by atoms with Crippen LogP contribution in [-0.2, 0) is 17.8 Å². The van der Waals surface area contributed by atoms with Gasteiger partial charge in [0.05, 0.1) is 6.54 Å². The van der Waals surface area contributed by atoms with Gasteiger partial charge in [-0.05, 0) is 36.3 Å². The van der Waals surface area contributed by atoms with E-state index in [0.29, 0.717) is 12.5 Å². The molecule has 26 heavy (non-hydrogen) atoms. The molecule has 0 bridgehead atoms. The Kier molecular flexibility index (Phi) is 4.47. The maximum Gasteiger partial charge on any atom is 0.236 e. The number of benzene rings is 1. The molecule has 3 aliphatic rings. The predicted molar refractivity (Wildman–Crippen MR) is 107 cm³/mol. The van der Waals surface area contributed by atoms with Gasteiger partial charge in [0.1, 0.15) is 0 Å². The highest BCUT2D eigenvalue weighted by Gasteiger charge is 2.30. The van der Waals surface area contributed by atoms with Crippen molar-refractivity contribution in [3.05, 3.63) is 34.7 Å². The largest absolute Gasteiger partial charge is 0.339 e. The molecule has 2 aliphatic heterocycles.